The molecule has 0 aliphatic rings. The second-order valence-electron chi connectivity index (χ2n) is 4.05. The molecule has 0 amide bonds. The normalized spacial score (nSPS) is 11.7. The highest BCUT2D eigenvalue weighted by molar-refractivity contribution is 5.37. The molecule has 0 aromatic heterocycles. The third-order valence-electron chi connectivity index (χ3n) is 2.44. The first kappa shape index (κ1) is 16.3. The fraction of sp³-hybridized carbons (Fsp3) is 0.455. The van der Waals surface area contributed by atoms with Gasteiger partial charge in [-0.2, -0.15) is 17.6 Å². The molecule has 1 aromatic rings. The van der Waals surface area contributed by atoms with E-state index in [1.165, 1.54) is 0 Å². The Morgan fingerprint density at radius 1 is 1.20 bits per heavy atom. The first-order chi connectivity index (χ1) is 9.20. The Balaban J connectivity index is 2.56. The van der Waals surface area contributed by atoms with E-state index in [4.69, 9.17) is 0 Å². The smallest absolute Gasteiger partial charge is 0.313 e. The zero-order valence-corrected chi connectivity index (χ0v) is 10.1. The molecular formula is C11H11F5N2O2. The number of nitro groups is 1. The molecular weight excluding hydrogens is 287 g/mol. The van der Waals surface area contributed by atoms with Gasteiger partial charge in [-0.05, 0) is 13.0 Å². The van der Waals surface area contributed by atoms with Crippen molar-refractivity contribution >= 4 is 5.69 Å². The molecule has 0 atom stereocenters. The van der Waals surface area contributed by atoms with Gasteiger partial charge in [-0.1, -0.05) is 0 Å². The van der Waals surface area contributed by atoms with Crippen LogP contribution in [0.25, 0.3) is 0 Å². The molecule has 0 unspecified atom stereocenters. The minimum absolute atomic E-state index is 0.0376. The highest BCUT2D eigenvalue weighted by Gasteiger charge is 2.25. The van der Waals surface area contributed by atoms with Crippen LogP contribution in [0.5, 0.6) is 0 Å². The molecule has 0 saturated carbocycles. The van der Waals surface area contributed by atoms with Gasteiger partial charge in [0.1, 0.15) is 5.82 Å². The van der Waals surface area contributed by atoms with E-state index in [-0.39, 0.29) is 25.1 Å². The summed E-state index contributed by atoms with van der Waals surface area (Å²) < 4.78 is 61.9. The summed E-state index contributed by atoms with van der Waals surface area (Å²) in [7, 11) is 0. The first-order valence-electron chi connectivity index (χ1n) is 5.60. The third kappa shape index (κ3) is 5.08. The number of nitrogens with one attached hydrogen (secondary N) is 1. The maximum Gasteiger partial charge on any atom is 0.389 e. The van der Waals surface area contributed by atoms with E-state index in [2.05, 4.69) is 5.32 Å². The number of benzene rings is 1. The predicted molar refractivity (Wildman–Crippen MR) is 60.0 cm³/mol. The van der Waals surface area contributed by atoms with Crippen LogP contribution in [0.4, 0.5) is 27.6 Å². The number of hydrogen-bond donors (Lipinski definition) is 1. The Labute approximate surface area is 110 Å². The van der Waals surface area contributed by atoms with Gasteiger partial charge in [0.2, 0.25) is 5.82 Å². The molecule has 0 fully saturated rings. The Morgan fingerprint density at radius 3 is 2.40 bits per heavy atom. The standard InChI is InChI=1S/C11H11F5N2O2/c12-8-5-9(13)10(18(19)20)4-7(8)6-17-3-1-2-11(14,15)16/h4-5,17H,1-3,6H2. The van der Waals surface area contributed by atoms with Crippen LogP contribution >= 0.6 is 0 Å². The lowest BCUT2D eigenvalue weighted by Gasteiger charge is -2.08. The Bertz CT molecular complexity index is 490. The van der Waals surface area contributed by atoms with Gasteiger partial charge in [0.05, 0.1) is 4.92 Å². The fourth-order valence-electron chi connectivity index (χ4n) is 1.49. The third-order valence-corrected chi connectivity index (χ3v) is 2.44. The summed E-state index contributed by atoms with van der Waals surface area (Å²) in [5.74, 6) is -2.29. The highest BCUT2D eigenvalue weighted by atomic mass is 19.4. The van der Waals surface area contributed by atoms with Crippen molar-refractivity contribution in [2.45, 2.75) is 25.6 Å². The SMILES string of the molecule is O=[N+]([O-])c1cc(CNCCCC(F)(F)F)c(F)cc1F. The van der Waals surface area contributed by atoms with E-state index < -0.39 is 34.8 Å². The summed E-state index contributed by atoms with van der Waals surface area (Å²) in [6.45, 7) is -0.255. The van der Waals surface area contributed by atoms with Gasteiger partial charge >= 0.3 is 11.9 Å². The zero-order chi connectivity index (χ0) is 15.3. The van der Waals surface area contributed by atoms with Crippen molar-refractivity contribution in [1.82, 2.24) is 5.32 Å². The first-order valence-corrected chi connectivity index (χ1v) is 5.60. The maximum atomic E-state index is 13.3. The highest BCUT2D eigenvalue weighted by Crippen LogP contribution is 2.22. The summed E-state index contributed by atoms with van der Waals surface area (Å²) in [6, 6.07) is 1.10. The minimum atomic E-state index is -4.26. The van der Waals surface area contributed by atoms with E-state index in [9.17, 15) is 32.1 Å². The molecule has 20 heavy (non-hydrogen) atoms. The number of halogens is 5. The topological polar surface area (TPSA) is 55.2 Å². The van der Waals surface area contributed by atoms with Crippen LogP contribution < -0.4 is 5.32 Å². The molecule has 1 aromatic carbocycles. The van der Waals surface area contributed by atoms with E-state index in [0.717, 1.165) is 6.07 Å². The molecule has 0 saturated heterocycles. The van der Waals surface area contributed by atoms with E-state index in [1.807, 2.05) is 0 Å². The van der Waals surface area contributed by atoms with Gasteiger partial charge in [0, 0.05) is 30.7 Å². The summed E-state index contributed by atoms with van der Waals surface area (Å²) in [6.07, 6.45) is -5.44. The van der Waals surface area contributed by atoms with E-state index in [0.29, 0.717) is 6.07 Å². The van der Waals surface area contributed by atoms with Crippen molar-refractivity contribution < 1.29 is 26.9 Å². The number of nitrogens with zero attached hydrogens (tertiary/aromatic N) is 1. The Kier molecular flexibility index (Phi) is 5.37. The second kappa shape index (κ2) is 6.60. The number of rotatable bonds is 6. The van der Waals surface area contributed by atoms with Crippen LogP contribution in [0.2, 0.25) is 0 Å². The monoisotopic (exact) mass is 298 g/mol. The summed E-state index contributed by atoms with van der Waals surface area (Å²) in [5.41, 5.74) is -1.05. The maximum absolute atomic E-state index is 13.3. The average molecular weight is 298 g/mol. The second-order valence-corrected chi connectivity index (χ2v) is 4.05. The minimum Gasteiger partial charge on any atom is -0.313 e. The molecule has 0 heterocycles. The summed E-state index contributed by atoms with van der Waals surface area (Å²) in [5, 5.41) is 13.0. The van der Waals surface area contributed by atoms with Gasteiger partial charge in [-0.3, -0.25) is 10.1 Å². The van der Waals surface area contributed by atoms with Crippen LogP contribution in [-0.2, 0) is 6.54 Å². The van der Waals surface area contributed by atoms with Crippen LogP contribution in [-0.4, -0.2) is 17.6 Å². The van der Waals surface area contributed by atoms with Crippen molar-refractivity contribution in [3.8, 4) is 0 Å². The number of hydrogen-bond acceptors (Lipinski definition) is 3. The lowest BCUT2D eigenvalue weighted by atomic mass is 10.1. The van der Waals surface area contributed by atoms with Crippen LogP contribution in [0, 0.1) is 21.7 Å². The van der Waals surface area contributed by atoms with Gasteiger partial charge in [0.25, 0.3) is 0 Å². The molecule has 0 aliphatic carbocycles. The van der Waals surface area contributed by atoms with Gasteiger partial charge in [-0.15, -0.1) is 0 Å². The molecule has 0 bridgehead atoms. The molecule has 1 N–H and O–H groups in total. The Morgan fingerprint density at radius 2 is 1.85 bits per heavy atom. The van der Waals surface area contributed by atoms with Crippen molar-refractivity contribution in [3.63, 3.8) is 0 Å². The lowest BCUT2D eigenvalue weighted by Crippen LogP contribution is -2.18. The Hall–Kier alpha value is -1.77. The predicted octanol–water partition coefficient (Wildman–Crippen LogP) is 3.31. The fourth-order valence-corrected chi connectivity index (χ4v) is 1.49. The van der Waals surface area contributed by atoms with Crippen molar-refractivity contribution in [2.75, 3.05) is 6.54 Å². The average Bonchev–Trinajstić information content (AvgIpc) is 2.29. The molecule has 0 aliphatic heterocycles. The molecule has 0 radical (unpaired) electrons. The van der Waals surface area contributed by atoms with Gasteiger partial charge in [0.15, 0.2) is 0 Å². The van der Waals surface area contributed by atoms with Gasteiger partial charge in [-0.25, -0.2) is 4.39 Å². The van der Waals surface area contributed by atoms with Gasteiger partial charge < -0.3 is 5.32 Å². The van der Waals surface area contributed by atoms with Crippen LogP contribution in [0.15, 0.2) is 12.1 Å². The van der Waals surface area contributed by atoms with Crippen LogP contribution in [0.3, 0.4) is 0 Å². The van der Waals surface area contributed by atoms with Crippen LogP contribution in [0.1, 0.15) is 18.4 Å². The summed E-state index contributed by atoms with van der Waals surface area (Å²) in [4.78, 5) is 9.47. The molecule has 112 valence electrons. The van der Waals surface area contributed by atoms with E-state index in [1.54, 1.807) is 0 Å². The van der Waals surface area contributed by atoms with Crippen molar-refractivity contribution in [2.24, 2.45) is 0 Å². The van der Waals surface area contributed by atoms with Crippen molar-refractivity contribution in [3.05, 3.63) is 39.4 Å². The number of nitro benzene ring substituents is 1. The zero-order valence-electron chi connectivity index (χ0n) is 10.1. The molecule has 1 rings (SSSR count). The summed E-state index contributed by atoms with van der Waals surface area (Å²) >= 11 is 0. The molecule has 9 heteroatoms. The van der Waals surface area contributed by atoms with E-state index >= 15 is 0 Å². The largest absolute Gasteiger partial charge is 0.389 e. The van der Waals surface area contributed by atoms with Crippen molar-refractivity contribution in [1.29, 1.82) is 0 Å². The number of alkyl halides is 3. The molecule has 4 nitrogen and oxygen atoms in total. The quantitative estimate of drug-likeness (QED) is 0.379. The molecule has 0 spiro atoms. The lowest BCUT2D eigenvalue weighted by molar-refractivity contribution is -0.387.